The number of hydrogen-bond donors (Lipinski definition) is 6. The monoisotopic (exact) mass is 530 g/mol. The maximum Gasteiger partial charge on any atom is 0.350 e. The van der Waals surface area contributed by atoms with Crippen LogP contribution >= 0.6 is 0 Å². The minimum atomic E-state index is -2.11. The van der Waals surface area contributed by atoms with Crippen LogP contribution in [0.15, 0.2) is 48.6 Å². The lowest BCUT2D eigenvalue weighted by Gasteiger charge is -2.41. The third-order valence-corrected chi connectivity index (χ3v) is 5.79. The molecule has 0 aliphatic heterocycles. The molecule has 2 aromatic rings. The summed E-state index contributed by atoms with van der Waals surface area (Å²) in [5.74, 6) is -4.61. The molecule has 12 nitrogen and oxygen atoms in total. The molecule has 4 atom stereocenters. The summed E-state index contributed by atoms with van der Waals surface area (Å²) in [7, 11) is 1.03. The van der Waals surface area contributed by atoms with Gasteiger partial charge in [-0.3, -0.25) is 0 Å². The van der Waals surface area contributed by atoms with Crippen LogP contribution in [-0.2, 0) is 28.6 Å². The topological polar surface area (TPSA) is 200 Å². The number of methoxy groups -OCH3 is 1. The van der Waals surface area contributed by atoms with Gasteiger partial charge in [0.15, 0.2) is 23.0 Å². The second kappa shape index (κ2) is 11.7. The van der Waals surface area contributed by atoms with Crippen LogP contribution in [0.5, 0.6) is 23.0 Å². The highest BCUT2D eigenvalue weighted by molar-refractivity contribution is 5.91. The molecule has 0 aromatic heterocycles. The number of carbonyl (C=O) groups excluding carboxylic acids is 3. The molecule has 38 heavy (non-hydrogen) atoms. The minimum Gasteiger partial charge on any atom is -0.504 e. The van der Waals surface area contributed by atoms with E-state index in [1.807, 2.05) is 0 Å². The molecule has 0 saturated heterocycles. The van der Waals surface area contributed by atoms with Crippen molar-refractivity contribution in [2.45, 2.75) is 36.8 Å². The third-order valence-electron chi connectivity index (χ3n) is 5.79. The summed E-state index contributed by atoms with van der Waals surface area (Å²) >= 11 is 0. The number of carbonyl (C=O) groups is 3. The molecule has 0 unspecified atom stereocenters. The highest BCUT2D eigenvalue weighted by Gasteiger charge is 2.54. The second-order valence-electron chi connectivity index (χ2n) is 8.51. The van der Waals surface area contributed by atoms with E-state index in [1.165, 1.54) is 48.6 Å². The van der Waals surface area contributed by atoms with Gasteiger partial charge in [0.1, 0.15) is 12.2 Å². The van der Waals surface area contributed by atoms with E-state index in [0.29, 0.717) is 11.1 Å². The van der Waals surface area contributed by atoms with Crippen molar-refractivity contribution in [3.8, 4) is 23.0 Å². The first-order chi connectivity index (χ1) is 17.9. The summed E-state index contributed by atoms with van der Waals surface area (Å²) in [5, 5.41) is 58.7. The third kappa shape index (κ3) is 6.60. The van der Waals surface area contributed by atoms with Crippen molar-refractivity contribution in [2.24, 2.45) is 0 Å². The van der Waals surface area contributed by atoms with Crippen LogP contribution in [-0.4, -0.2) is 79.6 Å². The zero-order chi connectivity index (χ0) is 28.0. The van der Waals surface area contributed by atoms with E-state index in [0.717, 1.165) is 19.3 Å². The molecule has 2 aromatic carbocycles. The largest absolute Gasteiger partial charge is 0.504 e. The van der Waals surface area contributed by atoms with Crippen molar-refractivity contribution in [3.05, 3.63) is 59.7 Å². The number of aliphatic hydroxyl groups is 2. The van der Waals surface area contributed by atoms with E-state index in [9.17, 15) is 45.0 Å². The van der Waals surface area contributed by atoms with E-state index in [2.05, 4.69) is 0 Å². The average Bonchev–Trinajstić information content (AvgIpc) is 2.87. The molecule has 0 spiro atoms. The number of aromatic hydroxyl groups is 4. The Morgan fingerprint density at radius 2 is 1.34 bits per heavy atom. The molecular formula is C26H26O12. The number of rotatable bonds is 7. The summed E-state index contributed by atoms with van der Waals surface area (Å²) in [6.07, 6.45) is -1.41. The quantitative estimate of drug-likeness (QED) is 0.129. The summed E-state index contributed by atoms with van der Waals surface area (Å²) in [6, 6.07) is 7.59. The SMILES string of the molecule is COC(=O)[C@]1(OC(=O)C=Cc2ccc(O)c(O)c2)C[C@@H](O)[C@H](O)[C@@H](OC(=O)C=Cc2ccc(O)c(O)c2)C1. The van der Waals surface area contributed by atoms with Gasteiger partial charge >= 0.3 is 17.9 Å². The number of phenols is 4. The molecule has 1 saturated carbocycles. The van der Waals surface area contributed by atoms with E-state index < -0.39 is 66.2 Å². The fourth-order valence-electron chi connectivity index (χ4n) is 3.86. The molecule has 1 fully saturated rings. The van der Waals surface area contributed by atoms with Crippen molar-refractivity contribution in [3.63, 3.8) is 0 Å². The first-order valence-electron chi connectivity index (χ1n) is 11.2. The van der Waals surface area contributed by atoms with Gasteiger partial charge in [-0.2, -0.15) is 0 Å². The number of esters is 3. The zero-order valence-electron chi connectivity index (χ0n) is 20.1. The zero-order valence-corrected chi connectivity index (χ0v) is 20.1. The summed E-state index contributed by atoms with van der Waals surface area (Å²) in [6.45, 7) is 0. The fourth-order valence-corrected chi connectivity index (χ4v) is 3.86. The van der Waals surface area contributed by atoms with Crippen LogP contribution in [0.1, 0.15) is 24.0 Å². The predicted octanol–water partition coefficient (Wildman–Crippen LogP) is 1.12. The van der Waals surface area contributed by atoms with Gasteiger partial charge < -0.3 is 44.8 Å². The van der Waals surface area contributed by atoms with E-state index in [4.69, 9.17) is 14.2 Å². The van der Waals surface area contributed by atoms with Gasteiger partial charge in [0, 0.05) is 25.0 Å². The fraction of sp³-hybridized carbons (Fsp3) is 0.269. The number of benzene rings is 2. The van der Waals surface area contributed by atoms with Gasteiger partial charge in [-0.1, -0.05) is 12.1 Å². The summed E-state index contributed by atoms with van der Waals surface area (Å²) in [5.41, 5.74) is -1.44. The molecule has 1 aliphatic rings. The lowest BCUT2D eigenvalue weighted by Crippen LogP contribution is -2.59. The maximum atomic E-state index is 12.7. The molecule has 0 radical (unpaired) electrons. The highest BCUT2D eigenvalue weighted by Crippen LogP contribution is 2.36. The molecule has 0 bridgehead atoms. The molecule has 12 heteroatoms. The molecule has 202 valence electrons. The number of phenolic OH excluding ortho intramolecular Hbond substituents is 4. The van der Waals surface area contributed by atoms with Crippen LogP contribution in [0.25, 0.3) is 12.2 Å². The second-order valence-corrected chi connectivity index (χ2v) is 8.51. The van der Waals surface area contributed by atoms with Gasteiger partial charge in [0.25, 0.3) is 0 Å². The Hall–Kier alpha value is -4.55. The number of ether oxygens (including phenoxy) is 3. The van der Waals surface area contributed by atoms with Crippen LogP contribution in [0.4, 0.5) is 0 Å². The van der Waals surface area contributed by atoms with Gasteiger partial charge in [-0.05, 0) is 47.5 Å². The van der Waals surface area contributed by atoms with Gasteiger partial charge in [-0.15, -0.1) is 0 Å². The van der Waals surface area contributed by atoms with Crippen molar-refractivity contribution < 1.29 is 59.2 Å². The average molecular weight is 530 g/mol. The van der Waals surface area contributed by atoms with E-state index in [1.54, 1.807) is 0 Å². The molecular weight excluding hydrogens is 504 g/mol. The van der Waals surface area contributed by atoms with E-state index in [-0.39, 0.29) is 11.5 Å². The number of aliphatic hydroxyl groups excluding tert-OH is 2. The molecule has 3 rings (SSSR count). The Bertz CT molecular complexity index is 1270. The maximum absolute atomic E-state index is 12.7. The Morgan fingerprint density at radius 3 is 1.84 bits per heavy atom. The van der Waals surface area contributed by atoms with Crippen molar-refractivity contribution in [2.75, 3.05) is 7.11 Å². The van der Waals surface area contributed by atoms with Crippen LogP contribution in [0, 0.1) is 0 Å². The first-order valence-corrected chi connectivity index (χ1v) is 11.2. The van der Waals surface area contributed by atoms with E-state index >= 15 is 0 Å². The lowest BCUT2D eigenvalue weighted by atomic mass is 9.79. The van der Waals surface area contributed by atoms with Gasteiger partial charge in [0.2, 0.25) is 5.60 Å². The molecule has 0 amide bonds. The Labute approximate surface area is 216 Å². The minimum absolute atomic E-state index is 0.323. The van der Waals surface area contributed by atoms with Crippen LogP contribution in [0.3, 0.4) is 0 Å². The van der Waals surface area contributed by atoms with Crippen LogP contribution in [0.2, 0.25) is 0 Å². The van der Waals surface area contributed by atoms with Crippen LogP contribution < -0.4 is 0 Å². The smallest absolute Gasteiger partial charge is 0.350 e. The molecule has 0 heterocycles. The number of hydrogen-bond acceptors (Lipinski definition) is 12. The van der Waals surface area contributed by atoms with Crippen molar-refractivity contribution in [1.29, 1.82) is 0 Å². The molecule has 1 aliphatic carbocycles. The van der Waals surface area contributed by atoms with Gasteiger partial charge in [0.05, 0.1) is 13.2 Å². The Balaban J connectivity index is 1.76. The Morgan fingerprint density at radius 1 is 0.816 bits per heavy atom. The predicted molar refractivity (Wildman–Crippen MR) is 130 cm³/mol. The summed E-state index contributed by atoms with van der Waals surface area (Å²) in [4.78, 5) is 37.6. The first kappa shape index (κ1) is 28.0. The van der Waals surface area contributed by atoms with Crippen molar-refractivity contribution >= 4 is 30.1 Å². The Kier molecular flexibility index (Phi) is 8.61. The standard InChI is InChI=1S/C26H26O12/c1-36-25(35)26(38-23(33)9-5-15-3-7-17(28)19(30)11-15)12-20(31)24(34)21(13-26)37-22(32)8-4-14-2-6-16(27)18(29)10-14/h2-11,20-21,24,27-31,34H,12-13H2,1H3/t20-,21+,24+,26+/m1/s1. The lowest BCUT2D eigenvalue weighted by molar-refractivity contribution is -0.208. The van der Waals surface area contributed by atoms with Gasteiger partial charge in [-0.25, -0.2) is 14.4 Å². The highest BCUT2D eigenvalue weighted by atomic mass is 16.6. The molecule has 6 N–H and O–H groups in total. The van der Waals surface area contributed by atoms with Crippen molar-refractivity contribution in [1.82, 2.24) is 0 Å². The summed E-state index contributed by atoms with van der Waals surface area (Å²) < 4.78 is 15.3. The normalized spacial score (nSPS) is 23.3.